The van der Waals surface area contributed by atoms with E-state index in [2.05, 4.69) is 6.92 Å². The van der Waals surface area contributed by atoms with Crippen molar-refractivity contribution in [3.05, 3.63) is 63.2 Å². The van der Waals surface area contributed by atoms with Crippen LogP contribution in [0.25, 0.3) is 0 Å². The van der Waals surface area contributed by atoms with E-state index in [1.54, 1.807) is 26.4 Å². The number of benzene rings is 2. The number of hydrogen-bond donors (Lipinski definition) is 2. The van der Waals surface area contributed by atoms with E-state index < -0.39 is 11.0 Å². The van der Waals surface area contributed by atoms with Crippen LogP contribution in [0.4, 0.5) is 5.69 Å². The van der Waals surface area contributed by atoms with Crippen LogP contribution in [0.2, 0.25) is 0 Å². The Morgan fingerprint density at radius 1 is 1.26 bits per heavy atom. The molecule has 3 rings (SSSR count). The van der Waals surface area contributed by atoms with Crippen LogP contribution in [0.1, 0.15) is 35.8 Å². The summed E-state index contributed by atoms with van der Waals surface area (Å²) in [5, 5.41) is 21.6. The quantitative estimate of drug-likeness (QED) is 0.596. The molecule has 3 atom stereocenters. The first-order valence-electron chi connectivity index (χ1n) is 8.96. The van der Waals surface area contributed by atoms with Gasteiger partial charge in [0.05, 0.1) is 25.7 Å². The van der Waals surface area contributed by atoms with E-state index in [0.29, 0.717) is 17.9 Å². The van der Waals surface area contributed by atoms with Gasteiger partial charge in [-0.1, -0.05) is 12.1 Å². The van der Waals surface area contributed by atoms with Crippen LogP contribution < -0.4 is 14.4 Å². The van der Waals surface area contributed by atoms with Crippen molar-refractivity contribution in [2.45, 2.75) is 25.5 Å². The first kappa shape index (κ1) is 19.1. The molecule has 2 N–H and O–H groups in total. The molecule has 7 heteroatoms. The molecule has 27 heavy (non-hydrogen) atoms. The van der Waals surface area contributed by atoms with Crippen LogP contribution >= 0.6 is 0 Å². The summed E-state index contributed by atoms with van der Waals surface area (Å²) in [4.78, 5) is 11.8. The maximum Gasteiger partial charge on any atom is 0.269 e. The standard InChI is InChI=1S/C20H24N2O5/c1-13-17-11-20(27-3)19(26-2)10-14(17)7-8-21(13)12-18(23)15-5-4-6-16(9-15)22(24)25/h4-6,9-11,13,18,23H,7-8,12H2,1-3H3/p+1/t13-,18+/m0/s1. The number of fused-ring (bicyclic) bond motifs is 1. The van der Waals surface area contributed by atoms with Crippen molar-refractivity contribution in [3.63, 3.8) is 0 Å². The van der Waals surface area contributed by atoms with Gasteiger partial charge in [0.25, 0.3) is 5.69 Å². The Hall–Kier alpha value is -2.64. The van der Waals surface area contributed by atoms with Crippen molar-refractivity contribution in [2.24, 2.45) is 0 Å². The zero-order chi connectivity index (χ0) is 19.6. The molecule has 0 amide bonds. The Morgan fingerprint density at radius 3 is 2.63 bits per heavy atom. The maximum absolute atomic E-state index is 11.0. The van der Waals surface area contributed by atoms with E-state index in [9.17, 15) is 15.2 Å². The number of nitrogens with zero attached hydrogens (tertiary/aromatic N) is 1. The van der Waals surface area contributed by atoms with E-state index >= 15 is 0 Å². The summed E-state index contributed by atoms with van der Waals surface area (Å²) in [6.45, 7) is 3.48. The number of nitro groups is 1. The van der Waals surface area contributed by atoms with Crippen molar-refractivity contribution < 1.29 is 24.4 Å². The van der Waals surface area contributed by atoms with Crippen LogP contribution in [-0.2, 0) is 6.42 Å². The number of aliphatic hydroxyl groups excluding tert-OH is 1. The molecule has 1 aliphatic heterocycles. The predicted molar refractivity (Wildman–Crippen MR) is 100 cm³/mol. The summed E-state index contributed by atoms with van der Waals surface area (Å²) in [5.41, 5.74) is 2.98. The van der Waals surface area contributed by atoms with E-state index in [-0.39, 0.29) is 11.7 Å². The molecule has 2 aromatic carbocycles. The van der Waals surface area contributed by atoms with Gasteiger partial charge in [-0.3, -0.25) is 10.1 Å². The molecule has 0 fully saturated rings. The van der Waals surface area contributed by atoms with Crippen LogP contribution in [0.15, 0.2) is 36.4 Å². The SMILES string of the molecule is COc1cc2c(cc1OC)[C@H](C)[NH+](C[C@@H](O)c1cccc([N+](=O)[O-])c1)CC2. The van der Waals surface area contributed by atoms with Gasteiger partial charge in [0.15, 0.2) is 11.5 Å². The molecule has 1 heterocycles. The molecule has 144 valence electrons. The highest BCUT2D eigenvalue weighted by molar-refractivity contribution is 5.48. The topological polar surface area (TPSA) is 86.3 Å². The minimum Gasteiger partial charge on any atom is -0.493 e. The minimum atomic E-state index is -0.760. The first-order valence-corrected chi connectivity index (χ1v) is 8.96. The summed E-state index contributed by atoms with van der Waals surface area (Å²) < 4.78 is 10.8. The number of hydrogen-bond acceptors (Lipinski definition) is 5. The molecule has 0 aliphatic carbocycles. The van der Waals surface area contributed by atoms with E-state index in [4.69, 9.17) is 9.47 Å². The third kappa shape index (κ3) is 3.89. The Labute approximate surface area is 158 Å². The number of nitro benzene ring substituents is 1. The Morgan fingerprint density at radius 2 is 1.96 bits per heavy atom. The van der Waals surface area contributed by atoms with Crippen molar-refractivity contribution in [1.29, 1.82) is 0 Å². The van der Waals surface area contributed by atoms with Crippen molar-refractivity contribution in [3.8, 4) is 11.5 Å². The lowest BCUT2D eigenvalue weighted by atomic mass is 9.92. The fourth-order valence-corrected chi connectivity index (χ4v) is 3.78. The molecule has 0 aromatic heterocycles. The fraction of sp³-hybridized carbons (Fsp3) is 0.400. The lowest BCUT2D eigenvalue weighted by molar-refractivity contribution is -0.935. The lowest BCUT2D eigenvalue weighted by Gasteiger charge is -2.34. The molecule has 0 radical (unpaired) electrons. The second-order valence-corrected chi connectivity index (χ2v) is 6.86. The largest absolute Gasteiger partial charge is 0.493 e. The second kappa shape index (κ2) is 7.94. The number of quaternary nitrogens is 1. The predicted octanol–water partition coefficient (Wildman–Crippen LogP) is 1.85. The van der Waals surface area contributed by atoms with Crippen molar-refractivity contribution in [1.82, 2.24) is 0 Å². The summed E-state index contributed by atoms with van der Waals surface area (Å²) in [5.74, 6) is 1.42. The van der Waals surface area contributed by atoms with Gasteiger partial charge in [0.1, 0.15) is 18.7 Å². The number of rotatable bonds is 6. The van der Waals surface area contributed by atoms with Gasteiger partial charge < -0.3 is 19.5 Å². The summed E-state index contributed by atoms with van der Waals surface area (Å²) >= 11 is 0. The second-order valence-electron chi connectivity index (χ2n) is 6.86. The fourth-order valence-electron chi connectivity index (χ4n) is 3.78. The van der Waals surface area contributed by atoms with Crippen LogP contribution in [0, 0.1) is 10.1 Å². The number of nitrogens with one attached hydrogen (secondary N) is 1. The zero-order valence-corrected chi connectivity index (χ0v) is 15.8. The third-order valence-corrected chi connectivity index (χ3v) is 5.36. The third-order valence-electron chi connectivity index (χ3n) is 5.36. The first-order chi connectivity index (χ1) is 12.9. The van der Waals surface area contributed by atoms with Gasteiger partial charge in [-0.05, 0) is 30.2 Å². The molecular formula is C20H25N2O5+. The van der Waals surface area contributed by atoms with Gasteiger partial charge in [0.2, 0.25) is 0 Å². The molecular weight excluding hydrogens is 348 g/mol. The smallest absolute Gasteiger partial charge is 0.269 e. The molecule has 0 saturated heterocycles. The normalized spacial score (nSPS) is 19.9. The average molecular weight is 373 g/mol. The molecule has 2 aromatic rings. The van der Waals surface area contributed by atoms with Crippen molar-refractivity contribution in [2.75, 3.05) is 27.3 Å². The molecule has 0 spiro atoms. The zero-order valence-electron chi connectivity index (χ0n) is 15.8. The lowest BCUT2D eigenvalue weighted by Crippen LogP contribution is -3.13. The minimum absolute atomic E-state index is 0.00424. The highest BCUT2D eigenvalue weighted by Crippen LogP contribution is 2.34. The molecule has 0 bridgehead atoms. The Balaban J connectivity index is 1.80. The maximum atomic E-state index is 11.0. The number of methoxy groups -OCH3 is 2. The monoisotopic (exact) mass is 373 g/mol. The Bertz CT molecular complexity index is 839. The number of non-ortho nitro benzene ring substituents is 1. The van der Waals surface area contributed by atoms with E-state index in [0.717, 1.165) is 18.7 Å². The molecule has 1 unspecified atom stereocenters. The highest BCUT2D eigenvalue weighted by Gasteiger charge is 2.31. The number of ether oxygens (including phenoxy) is 2. The number of aliphatic hydroxyl groups is 1. The van der Waals surface area contributed by atoms with Crippen molar-refractivity contribution >= 4 is 5.69 Å². The molecule has 7 nitrogen and oxygen atoms in total. The highest BCUT2D eigenvalue weighted by atomic mass is 16.6. The van der Waals surface area contributed by atoms with E-state index in [1.165, 1.54) is 28.2 Å². The average Bonchev–Trinajstić information content (AvgIpc) is 2.69. The Kier molecular flexibility index (Phi) is 5.62. The van der Waals surface area contributed by atoms with Crippen LogP contribution in [-0.4, -0.2) is 37.3 Å². The van der Waals surface area contributed by atoms with Gasteiger partial charge in [-0.15, -0.1) is 0 Å². The molecule has 0 saturated carbocycles. The van der Waals surface area contributed by atoms with Crippen LogP contribution in [0.5, 0.6) is 11.5 Å². The van der Waals surface area contributed by atoms with Crippen LogP contribution in [0.3, 0.4) is 0 Å². The summed E-state index contributed by atoms with van der Waals surface area (Å²) in [6.07, 6.45) is 0.112. The van der Waals surface area contributed by atoms with E-state index in [1.807, 2.05) is 12.1 Å². The van der Waals surface area contributed by atoms with Gasteiger partial charge >= 0.3 is 0 Å². The van der Waals surface area contributed by atoms with Gasteiger partial charge in [-0.25, -0.2) is 0 Å². The van der Waals surface area contributed by atoms with Gasteiger partial charge in [0, 0.05) is 24.1 Å². The molecule has 1 aliphatic rings. The summed E-state index contributed by atoms with van der Waals surface area (Å²) in [7, 11) is 3.25. The van der Waals surface area contributed by atoms with Gasteiger partial charge in [-0.2, -0.15) is 0 Å². The summed E-state index contributed by atoms with van der Waals surface area (Å²) in [6, 6.07) is 10.4.